The first kappa shape index (κ1) is 11.8. The normalized spacial score (nSPS) is 7.44. The molecule has 0 radical (unpaired) electrons. The quantitative estimate of drug-likeness (QED) is 0.494. The van der Waals surface area contributed by atoms with E-state index < -0.39 is 0 Å². The van der Waals surface area contributed by atoms with Crippen molar-refractivity contribution in [2.75, 3.05) is 18.5 Å². The summed E-state index contributed by atoms with van der Waals surface area (Å²) in [5, 5.41) is 16.0. The van der Waals surface area contributed by atoms with Crippen LogP contribution in [0.4, 0.5) is 0 Å². The van der Waals surface area contributed by atoms with Crippen molar-refractivity contribution < 1.29 is 15.0 Å². The summed E-state index contributed by atoms with van der Waals surface area (Å²) in [5.41, 5.74) is 0. The molecule has 0 saturated carbocycles. The molecule has 4 heteroatoms. The number of aliphatic hydroxyl groups is 2. The molecule has 0 heterocycles. The van der Waals surface area contributed by atoms with E-state index in [-0.39, 0.29) is 13.2 Å². The molecule has 0 aromatic heterocycles. The van der Waals surface area contributed by atoms with Crippen molar-refractivity contribution in [1.82, 2.24) is 0 Å². The second-order valence-corrected chi connectivity index (χ2v) is 1.88. The number of carbonyl (C=O) groups is 1. The van der Waals surface area contributed by atoms with E-state index in [1.165, 1.54) is 0 Å². The van der Waals surface area contributed by atoms with Crippen LogP contribution in [0.3, 0.4) is 0 Å². The Labute approximate surface area is 62.8 Å². The molecule has 9 heavy (non-hydrogen) atoms. The van der Waals surface area contributed by atoms with E-state index in [0.29, 0.717) is 6.42 Å². The zero-order chi connectivity index (χ0) is 7.54. The summed E-state index contributed by atoms with van der Waals surface area (Å²) in [6, 6.07) is 0. The van der Waals surface area contributed by atoms with E-state index in [2.05, 4.69) is 15.9 Å². The maximum absolute atomic E-state index is 9.37. The van der Waals surface area contributed by atoms with Gasteiger partial charge in [-0.05, 0) is 0 Å². The summed E-state index contributed by atoms with van der Waals surface area (Å²) >= 11 is 3.08. The van der Waals surface area contributed by atoms with Crippen molar-refractivity contribution in [3.63, 3.8) is 0 Å². The van der Waals surface area contributed by atoms with Crippen LogP contribution in [0, 0.1) is 0 Å². The van der Waals surface area contributed by atoms with Gasteiger partial charge < -0.3 is 15.0 Å². The average Bonchev–Trinajstić information content (AvgIpc) is 1.91. The van der Waals surface area contributed by atoms with Gasteiger partial charge in [0.15, 0.2) is 0 Å². The lowest BCUT2D eigenvalue weighted by molar-refractivity contribution is -0.107. The summed E-state index contributed by atoms with van der Waals surface area (Å²) in [6.45, 7) is -0.250. The minimum Gasteiger partial charge on any atom is -0.394 e. The lowest BCUT2D eigenvalue weighted by Crippen LogP contribution is -1.85. The highest BCUT2D eigenvalue weighted by Crippen LogP contribution is 1.79. The number of carbonyl (C=O) groups excluding carboxylic acids is 1. The Hall–Kier alpha value is 0.0700. The molecular formula is C5H11BrO3. The summed E-state index contributed by atoms with van der Waals surface area (Å²) in [7, 11) is 0. The van der Waals surface area contributed by atoms with Crippen molar-refractivity contribution >= 4 is 22.2 Å². The third-order valence-electron chi connectivity index (χ3n) is 0.327. The van der Waals surface area contributed by atoms with Crippen LogP contribution in [0.15, 0.2) is 0 Å². The number of rotatable bonds is 3. The van der Waals surface area contributed by atoms with Crippen molar-refractivity contribution in [2.24, 2.45) is 0 Å². The summed E-state index contributed by atoms with van der Waals surface area (Å²) in [4.78, 5) is 9.37. The molecule has 3 nitrogen and oxygen atoms in total. The Bertz CT molecular complexity index is 47.5. The Morgan fingerprint density at radius 3 is 1.78 bits per heavy atom. The average molecular weight is 199 g/mol. The van der Waals surface area contributed by atoms with Crippen molar-refractivity contribution in [3.8, 4) is 0 Å². The fraction of sp³-hybridized carbons (Fsp3) is 0.800. The largest absolute Gasteiger partial charge is 0.394 e. The molecule has 0 rings (SSSR count). The lowest BCUT2D eigenvalue weighted by atomic mass is 10.6. The van der Waals surface area contributed by atoms with E-state index in [9.17, 15) is 4.79 Å². The molecule has 0 fully saturated rings. The molecule has 0 aromatic rings. The van der Waals surface area contributed by atoms with Gasteiger partial charge >= 0.3 is 0 Å². The molecule has 0 aromatic carbocycles. The van der Waals surface area contributed by atoms with Crippen molar-refractivity contribution in [2.45, 2.75) is 6.42 Å². The first-order valence-corrected chi connectivity index (χ1v) is 3.67. The summed E-state index contributed by atoms with van der Waals surface area (Å²) < 4.78 is 0. The van der Waals surface area contributed by atoms with Gasteiger partial charge in [0.05, 0.1) is 13.2 Å². The zero-order valence-electron chi connectivity index (χ0n) is 5.09. The second kappa shape index (κ2) is 15.7. The van der Waals surface area contributed by atoms with E-state index in [0.717, 1.165) is 11.6 Å². The number of aliphatic hydroxyl groups excluding tert-OH is 2. The highest BCUT2D eigenvalue weighted by molar-refractivity contribution is 9.09. The molecule has 0 saturated heterocycles. The van der Waals surface area contributed by atoms with Crippen LogP contribution in [0.1, 0.15) is 6.42 Å². The van der Waals surface area contributed by atoms with Crippen LogP contribution in [-0.2, 0) is 4.79 Å². The molecule has 0 aliphatic carbocycles. The Morgan fingerprint density at radius 2 is 1.78 bits per heavy atom. The summed E-state index contributed by atoms with van der Waals surface area (Å²) in [5.74, 6) is 0. The molecule has 0 bridgehead atoms. The maximum atomic E-state index is 9.37. The number of hydrogen-bond acceptors (Lipinski definition) is 3. The minimum absolute atomic E-state index is 0.125. The van der Waals surface area contributed by atoms with Crippen molar-refractivity contribution in [1.29, 1.82) is 0 Å². The van der Waals surface area contributed by atoms with Crippen LogP contribution in [0.5, 0.6) is 0 Å². The molecule has 0 aliphatic heterocycles. The van der Waals surface area contributed by atoms with E-state index in [4.69, 9.17) is 10.2 Å². The highest BCUT2D eigenvalue weighted by Gasteiger charge is 1.68. The van der Waals surface area contributed by atoms with Crippen LogP contribution >= 0.6 is 15.9 Å². The minimum atomic E-state index is -0.125. The first-order valence-electron chi connectivity index (χ1n) is 2.54. The summed E-state index contributed by atoms with van der Waals surface area (Å²) in [6.07, 6.45) is 1.51. The van der Waals surface area contributed by atoms with Gasteiger partial charge in [-0.25, -0.2) is 0 Å². The number of alkyl halides is 1. The SMILES string of the molecule is O=CCCBr.OCCO. The van der Waals surface area contributed by atoms with Gasteiger partial charge in [0, 0.05) is 11.8 Å². The van der Waals surface area contributed by atoms with Crippen LogP contribution < -0.4 is 0 Å². The molecule has 0 aliphatic rings. The number of aldehydes is 1. The molecule has 2 N–H and O–H groups in total. The topological polar surface area (TPSA) is 57.5 Å². The predicted octanol–water partition coefficient (Wildman–Crippen LogP) is -0.0587. The Kier molecular flexibility index (Phi) is 20.6. The fourth-order valence-corrected chi connectivity index (χ4v) is 0.231. The smallest absolute Gasteiger partial charge is 0.120 e. The molecular weight excluding hydrogens is 188 g/mol. The Balaban J connectivity index is 0. The van der Waals surface area contributed by atoms with Gasteiger partial charge in [0.2, 0.25) is 0 Å². The number of hydrogen-bond donors (Lipinski definition) is 2. The van der Waals surface area contributed by atoms with Crippen LogP contribution in [0.2, 0.25) is 0 Å². The van der Waals surface area contributed by atoms with Gasteiger partial charge in [0.25, 0.3) is 0 Å². The number of halogens is 1. The zero-order valence-corrected chi connectivity index (χ0v) is 6.67. The van der Waals surface area contributed by atoms with Crippen LogP contribution in [-0.4, -0.2) is 35.0 Å². The van der Waals surface area contributed by atoms with Gasteiger partial charge in [-0.15, -0.1) is 0 Å². The van der Waals surface area contributed by atoms with Gasteiger partial charge in [-0.3, -0.25) is 0 Å². The molecule has 0 unspecified atom stereocenters. The fourth-order valence-electron chi connectivity index (χ4n) is 0.0445. The monoisotopic (exact) mass is 198 g/mol. The van der Waals surface area contributed by atoms with Gasteiger partial charge in [0.1, 0.15) is 6.29 Å². The van der Waals surface area contributed by atoms with Crippen molar-refractivity contribution in [3.05, 3.63) is 0 Å². The highest BCUT2D eigenvalue weighted by atomic mass is 79.9. The third-order valence-corrected chi connectivity index (χ3v) is 0.785. The van der Waals surface area contributed by atoms with E-state index in [1.54, 1.807) is 0 Å². The molecule has 0 spiro atoms. The van der Waals surface area contributed by atoms with Crippen LogP contribution in [0.25, 0.3) is 0 Å². The van der Waals surface area contributed by atoms with Gasteiger partial charge in [-0.2, -0.15) is 0 Å². The molecule has 0 atom stereocenters. The lowest BCUT2D eigenvalue weighted by Gasteiger charge is -1.70. The second-order valence-electron chi connectivity index (χ2n) is 1.09. The molecule has 0 amide bonds. The third kappa shape index (κ3) is 31.5. The molecule has 56 valence electrons. The standard InChI is InChI=1S/C3H5BrO.C2H6O2/c4-2-1-3-5;3-1-2-4/h3H,1-2H2;3-4H,1-2H2. The van der Waals surface area contributed by atoms with E-state index in [1.807, 2.05) is 0 Å². The predicted molar refractivity (Wildman–Crippen MR) is 38.6 cm³/mol. The van der Waals surface area contributed by atoms with Gasteiger partial charge in [-0.1, -0.05) is 15.9 Å². The first-order chi connectivity index (χ1) is 4.33. The maximum Gasteiger partial charge on any atom is 0.120 e. The Morgan fingerprint density at radius 1 is 1.33 bits per heavy atom. The van der Waals surface area contributed by atoms with E-state index >= 15 is 0 Å².